The summed E-state index contributed by atoms with van der Waals surface area (Å²) < 4.78 is 5.20. The van der Waals surface area contributed by atoms with E-state index in [1.54, 1.807) is 19.2 Å². The van der Waals surface area contributed by atoms with Crippen molar-refractivity contribution in [3.8, 4) is 0 Å². The summed E-state index contributed by atoms with van der Waals surface area (Å²) in [5.41, 5.74) is 7.01. The number of likely N-dealkylation sites (tertiary alicyclic amines) is 1. The van der Waals surface area contributed by atoms with E-state index in [0.29, 0.717) is 17.9 Å². The second-order valence-corrected chi connectivity index (χ2v) is 4.69. The van der Waals surface area contributed by atoms with Crippen LogP contribution < -0.4 is 5.73 Å². The van der Waals surface area contributed by atoms with Crippen molar-refractivity contribution in [3.05, 3.63) is 29.8 Å². The van der Waals surface area contributed by atoms with Gasteiger partial charge in [-0.3, -0.25) is 4.79 Å². The second kappa shape index (κ2) is 5.87. The van der Waals surface area contributed by atoms with Crippen molar-refractivity contribution in [1.82, 2.24) is 4.90 Å². The van der Waals surface area contributed by atoms with Crippen molar-refractivity contribution < 1.29 is 9.53 Å². The molecule has 4 nitrogen and oxygen atoms in total. The zero-order valence-corrected chi connectivity index (χ0v) is 10.8. The first-order valence-electron chi connectivity index (χ1n) is 6.38. The number of hydrogen-bond acceptors (Lipinski definition) is 3. The molecule has 1 heterocycles. The third-order valence-corrected chi connectivity index (χ3v) is 3.44. The Kier molecular flexibility index (Phi) is 4.20. The van der Waals surface area contributed by atoms with E-state index in [9.17, 15) is 4.79 Å². The number of rotatable bonds is 3. The molecule has 0 radical (unpaired) electrons. The summed E-state index contributed by atoms with van der Waals surface area (Å²) in [6.45, 7) is 1.39. The Morgan fingerprint density at radius 2 is 2.22 bits per heavy atom. The topological polar surface area (TPSA) is 55.6 Å². The summed E-state index contributed by atoms with van der Waals surface area (Å²) in [5, 5.41) is 0. The van der Waals surface area contributed by atoms with Crippen molar-refractivity contribution in [2.24, 2.45) is 0 Å². The number of carbonyl (C=O) groups excluding carboxylic acids is 1. The van der Waals surface area contributed by atoms with Crippen LogP contribution in [0.2, 0.25) is 0 Å². The number of nitrogens with zero attached hydrogens (tertiary/aromatic N) is 1. The summed E-state index contributed by atoms with van der Waals surface area (Å²) in [6.07, 6.45) is 3.22. The van der Waals surface area contributed by atoms with Gasteiger partial charge in [-0.05, 0) is 31.4 Å². The molecule has 0 spiro atoms. The lowest BCUT2D eigenvalue weighted by Gasteiger charge is -2.35. The van der Waals surface area contributed by atoms with Gasteiger partial charge in [0, 0.05) is 19.3 Å². The standard InChI is InChI=1S/C14H20N2O2/c1-18-10-11-6-4-5-9-16(11)14(17)12-7-2-3-8-13(12)15/h2-3,7-8,11H,4-6,9-10,15H2,1H3. The summed E-state index contributed by atoms with van der Waals surface area (Å²) in [6, 6.07) is 7.42. The first-order chi connectivity index (χ1) is 8.74. The van der Waals surface area contributed by atoms with Crippen LogP contribution in [0.3, 0.4) is 0 Å². The predicted molar refractivity (Wildman–Crippen MR) is 71.4 cm³/mol. The first kappa shape index (κ1) is 12.9. The minimum absolute atomic E-state index is 0.0230. The Hall–Kier alpha value is -1.55. The molecule has 2 N–H and O–H groups in total. The molecule has 1 aromatic carbocycles. The number of nitrogen functional groups attached to an aromatic ring is 1. The monoisotopic (exact) mass is 248 g/mol. The SMILES string of the molecule is COCC1CCCCN1C(=O)c1ccccc1N. The van der Waals surface area contributed by atoms with E-state index in [1.807, 2.05) is 17.0 Å². The average molecular weight is 248 g/mol. The van der Waals surface area contributed by atoms with E-state index in [2.05, 4.69) is 0 Å². The van der Waals surface area contributed by atoms with Crippen molar-refractivity contribution in [3.63, 3.8) is 0 Å². The molecule has 98 valence electrons. The molecule has 0 bridgehead atoms. The van der Waals surface area contributed by atoms with E-state index >= 15 is 0 Å². The van der Waals surface area contributed by atoms with E-state index in [-0.39, 0.29) is 11.9 Å². The number of benzene rings is 1. The molecule has 1 unspecified atom stereocenters. The fourth-order valence-corrected chi connectivity index (χ4v) is 2.48. The highest BCUT2D eigenvalue weighted by molar-refractivity contribution is 5.99. The fourth-order valence-electron chi connectivity index (χ4n) is 2.48. The quantitative estimate of drug-likeness (QED) is 0.831. The zero-order chi connectivity index (χ0) is 13.0. The minimum Gasteiger partial charge on any atom is -0.398 e. The molecule has 1 aliphatic heterocycles. The Bertz CT molecular complexity index is 418. The van der Waals surface area contributed by atoms with Gasteiger partial charge in [0.2, 0.25) is 0 Å². The van der Waals surface area contributed by atoms with Gasteiger partial charge >= 0.3 is 0 Å². The zero-order valence-electron chi connectivity index (χ0n) is 10.8. The number of hydrogen-bond donors (Lipinski definition) is 1. The number of methoxy groups -OCH3 is 1. The Morgan fingerprint density at radius 3 is 2.94 bits per heavy atom. The normalized spacial score (nSPS) is 19.8. The van der Waals surface area contributed by atoms with E-state index in [1.165, 1.54) is 0 Å². The number of carbonyl (C=O) groups is 1. The maximum atomic E-state index is 12.5. The summed E-state index contributed by atoms with van der Waals surface area (Å²) >= 11 is 0. The molecule has 2 rings (SSSR count). The molecular weight excluding hydrogens is 228 g/mol. The summed E-state index contributed by atoms with van der Waals surface area (Å²) in [7, 11) is 1.67. The molecule has 1 aliphatic rings. The smallest absolute Gasteiger partial charge is 0.256 e. The number of nitrogens with two attached hydrogens (primary N) is 1. The van der Waals surface area contributed by atoms with Gasteiger partial charge in [0.05, 0.1) is 18.2 Å². The van der Waals surface area contributed by atoms with Gasteiger partial charge in [-0.2, -0.15) is 0 Å². The third-order valence-electron chi connectivity index (χ3n) is 3.44. The Balaban J connectivity index is 2.18. The number of piperidine rings is 1. The highest BCUT2D eigenvalue weighted by Crippen LogP contribution is 2.22. The number of para-hydroxylation sites is 1. The minimum atomic E-state index is 0.0230. The van der Waals surface area contributed by atoms with E-state index < -0.39 is 0 Å². The lowest BCUT2D eigenvalue weighted by Crippen LogP contribution is -2.46. The predicted octanol–water partition coefficient (Wildman–Crippen LogP) is 1.91. The van der Waals surface area contributed by atoms with Gasteiger partial charge in [0.1, 0.15) is 0 Å². The van der Waals surface area contributed by atoms with Gasteiger partial charge < -0.3 is 15.4 Å². The van der Waals surface area contributed by atoms with Crippen LogP contribution in [0.5, 0.6) is 0 Å². The first-order valence-corrected chi connectivity index (χ1v) is 6.38. The number of amides is 1. The lowest BCUT2D eigenvalue weighted by molar-refractivity contribution is 0.0429. The molecule has 1 fully saturated rings. The lowest BCUT2D eigenvalue weighted by atomic mass is 10.0. The molecule has 0 saturated carbocycles. The molecular formula is C14H20N2O2. The van der Waals surface area contributed by atoms with Crippen LogP contribution >= 0.6 is 0 Å². The van der Waals surface area contributed by atoms with Gasteiger partial charge in [-0.25, -0.2) is 0 Å². The summed E-state index contributed by atoms with van der Waals surface area (Å²) in [5.74, 6) is 0.0230. The molecule has 1 amide bonds. The maximum absolute atomic E-state index is 12.5. The molecule has 4 heteroatoms. The van der Waals surface area contributed by atoms with Crippen molar-refractivity contribution in [1.29, 1.82) is 0 Å². The van der Waals surface area contributed by atoms with Crippen LogP contribution in [0.4, 0.5) is 5.69 Å². The summed E-state index contributed by atoms with van der Waals surface area (Å²) in [4.78, 5) is 14.4. The number of ether oxygens (including phenoxy) is 1. The van der Waals surface area contributed by atoms with Crippen LogP contribution in [0.25, 0.3) is 0 Å². The van der Waals surface area contributed by atoms with Gasteiger partial charge in [0.25, 0.3) is 5.91 Å². The second-order valence-electron chi connectivity index (χ2n) is 4.69. The van der Waals surface area contributed by atoms with Crippen molar-refractivity contribution in [2.75, 3.05) is 26.0 Å². The van der Waals surface area contributed by atoms with Crippen LogP contribution in [0.15, 0.2) is 24.3 Å². The molecule has 1 atom stereocenters. The van der Waals surface area contributed by atoms with Crippen molar-refractivity contribution in [2.45, 2.75) is 25.3 Å². The highest BCUT2D eigenvalue weighted by Gasteiger charge is 2.28. The van der Waals surface area contributed by atoms with E-state index in [4.69, 9.17) is 10.5 Å². The molecule has 0 aliphatic carbocycles. The fraction of sp³-hybridized carbons (Fsp3) is 0.500. The maximum Gasteiger partial charge on any atom is 0.256 e. The van der Waals surface area contributed by atoms with Crippen molar-refractivity contribution >= 4 is 11.6 Å². The molecule has 0 aromatic heterocycles. The van der Waals surface area contributed by atoms with E-state index in [0.717, 1.165) is 25.8 Å². The van der Waals surface area contributed by atoms with Crippen LogP contribution in [-0.4, -0.2) is 37.1 Å². The largest absolute Gasteiger partial charge is 0.398 e. The Morgan fingerprint density at radius 1 is 1.44 bits per heavy atom. The third kappa shape index (κ3) is 2.64. The van der Waals surface area contributed by atoms with Crippen LogP contribution in [-0.2, 0) is 4.74 Å². The number of anilines is 1. The molecule has 1 aromatic rings. The van der Waals surface area contributed by atoms with Gasteiger partial charge in [0.15, 0.2) is 0 Å². The van der Waals surface area contributed by atoms with Gasteiger partial charge in [-0.1, -0.05) is 12.1 Å². The Labute approximate surface area is 108 Å². The molecule has 18 heavy (non-hydrogen) atoms. The average Bonchev–Trinajstić information content (AvgIpc) is 2.40. The van der Waals surface area contributed by atoms with Crippen LogP contribution in [0.1, 0.15) is 29.6 Å². The van der Waals surface area contributed by atoms with Crippen LogP contribution in [0, 0.1) is 0 Å². The molecule has 1 saturated heterocycles. The van der Waals surface area contributed by atoms with Gasteiger partial charge in [-0.15, -0.1) is 0 Å². The highest BCUT2D eigenvalue weighted by atomic mass is 16.5.